The van der Waals surface area contributed by atoms with E-state index in [0.29, 0.717) is 6.42 Å². The Hall–Kier alpha value is -0.333. The zero-order valence-electron chi connectivity index (χ0n) is 13.0. The number of hydrogen-bond donors (Lipinski definition) is 0. The number of rotatable bonds is 8. The first-order valence-electron chi connectivity index (χ1n) is 7.44. The van der Waals surface area contributed by atoms with Gasteiger partial charge in [0.1, 0.15) is 5.75 Å². The second-order valence-corrected chi connectivity index (χ2v) is 11.7. The van der Waals surface area contributed by atoms with Crippen molar-refractivity contribution in [1.29, 1.82) is 0 Å². The largest absolute Gasteiger partial charge is 0.410 e. The molecule has 0 aromatic carbocycles. The smallest absolute Gasteiger partial charge is 0.388 e. The minimum Gasteiger partial charge on any atom is -0.410 e. The van der Waals surface area contributed by atoms with Crippen LogP contribution in [0.15, 0.2) is 0 Å². The van der Waals surface area contributed by atoms with Crippen molar-refractivity contribution in [1.82, 2.24) is 0 Å². The number of alkyl halides is 6. The van der Waals surface area contributed by atoms with Crippen LogP contribution in [0.1, 0.15) is 26.2 Å². The van der Waals surface area contributed by atoms with Gasteiger partial charge in [-0.3, -0.25) is 4.18 Å². The van der Waals surface area contributed by atoms with E-state index in [1.807, 2.05) is 0 Å². The fourth-order valence-corrected chi connectivity index (χ4v) is 8.22. The fraction of sp³-hybridized carbons (Fsp3) is 1.00. The molecule has 24 heavy (non-hydrogen) atoms. The third kappa shape index (κ3) is 8.16. The lowest BCUT2D eigenvalue weighted by Crippen LogP contribution is -2.44. The summed E-state index contributed by atoms with van der Waals surface area (Å²) in [5.41, 5.74) is 0. The molecule has 0 amide bonds. The van der Waals surface area contributed by atoms with Gasteiger partial charge in [-0.05, 0) is 18.1 Å². The first-order chi connectivity index (χ1) is 10.8. The molecule has 144 valence electrons. The minimum absolute atomic E-state index is 0.107. The Bertz CT molecular complexity index is 487. The molecule has 1 saturated heterocycles. The van der Waals surface area contributed by atoms with Crippen molar-refractivity contribution in [3.05, 3.63) is 0 Å². The molecule has 12 heteroatoms. The minimum atomic E-state index is -4.51. The normalized spacial score (nSPS) is 22.0. The van der Waals surface area contributed by atoms with E-state index in [4.69, 9.17) is 4.43 Å². The standard InChI is InChI=1S/C12H20F6O4SSi/c1-2-5-24(6-3-11(13,14)15,7-4-12(16,17)18)22-10-8-21-23(19,20)9-10/h10H,2-9H2,1H3. The maximum Gasteiger partial charge on any atom is 0.388 e. The monoisotopic (exact) mass is 402 g/mol. The molecule has 1 fully saturated rings. The van der Waals surface area contributed by atoms with Crippen LogP contribution in [-0.2, 0) is 18.7 Å². The van der Waals surface area contributed by atoms with E-state index in [-0.39, 0.29) is 12.7 Å². The second kappa shape index (κ2) is 7.91. The average Bonchev–Trinajstić information content (AvgIpc) is 2.72. The predicted molar refractivity (Wildman–Crippen MR) is 76.4 cm³/mol. The third-order valence-electron chi connectivity index (χ3n) is 3.67. The van der Waals surface area contributed by atoms with Gasteiger partial charge < -0.3 is 4.43 Å². The van der Waals surface area contributed by atoms with Crippen molar-refractivity contribution in [3.8, 4) is 0 Å². The lowest BCUT2D eigenvalue weighted by atomic mass is 10.4. The molecule has 0 N–H and O–H groups in total. The van der Waals surface area contributed by atoms with Crippen molar-refractivity contribution >= 4 is 18.4 Å². The van der Waals surface area contributed by atoms with Gasteiger partial charge in [0.2, 0.25) is 0 Å². The summed E-state index contributed by atoms with van der Waals surface area (Å²) < 4.78 is 108. The van der Waals surface area contributed by atoms with Crippen LogP contribution in [0, 0.1) is 0 Å². The quantitative estimate of drug-likeness (QED) is 0.350. The van der Waals surface area contributed by atoms with Gasteiger partial charge in [-0.15, -0.1) is 0 Å². The Labute approximate surface area is 137 Å². The van der Waals surface area contributed by atoms with Gasteiger partial charge in [0.15, 0.2) is 8.32 Å². The summed E-state index contributed by atoms with van der Waals surface area (Å²) in [4.78, 5) is 0. The highest BCUT2D eigenvalue weighted by atomic mass is 32.2. The molecule has 1 aliphatic heterocycles. The summed E-state index contributed by atoms with van der Waals surface area (Å²) in [6, 6.07) is -0.927. The van der Waals surface area contributed by atoms with Crippen LogP contribution in [0.4, 0.5) is 26.3 Å². The molecular weight excluding hydrogens is 382 g/mol. The molecule has 0 spiro atoms. The highest BCUT2D eigenvalue weighted by Crippen LogP contribution is 2.37. The van der Waals surface area contributed by atoms with Crippen molar-refractivity contribution in [2.24, 2.45) is 0 Å². The van der Waals surface area contributed by atoms with Crippen LogP contribution >= 0.6 is 0 Å². The molecule has 0 aliphatic carbocycles. The summed E-state index contributed by atoms with van der Waals surface area (Å²) >= 11 is 0. The van der Waals surface area contributed by atoms with Crippen molar-refractivity contribution in [3.63, 3.8) is 0 Å². The molecule has 0 bridgehead atoms. The topological polar surface area (TPSA) is 52.6 Å². The molecule has 0 radical (unpaired) electrons. The van der Waals surface area contributed by atoms with E-state index in [1.54, 1.807) is 6.92 Å². The molecule has 1 heterocycles. The van der Waals surface area contributed by atoms with Crippen LogP contribution in [-0.4, -0.2) is 47.6 Å². The van der Waals surface area contributed by atoms with Crippen LogP contribution in [0.25, 0.3) is 0 Å². The predicted octanol–water partition coefficient (Wildman–Crippen LogP) is 3.99. The van der Waals surface area contributed by atoms with Crippen LogP contribution < -0.4 is 0 Å². The van der Waals surface area contributed by atoms with E-state index < -0.39 is 67.6 Å². The van der Waals surface area contributed by atoms with Gasteiger partial charge in [-0.25, -0.2) is 0 Å². The summed E-state index contributed by atoms with van der Waals surface area (Å²) in [6.07, 6.45) is -12.1. The zero-order valence-corrected chi connectivity index (χ0v) is 14.9. The molecule has 4 nitrogen and oxygen atoms in total. The maximum absolute atomic E-state index is 12.6. The first kappa shape index (κ1) is 21.7. The molecule has 0 aromatic rings. The second-order valence-electron chi connectivity index (χ2n) is 5.91. The summed E-state index contributed by atoms with van der Waals surface area (Å²) in [7, 11) is -7.24. The number of halogens is 6. The average molecular weight is 402 g/mol. The van der Waals surface area contributed by atoms with Gasteiger partial charge >= 0.3 is 12.4 Å². The van der Waals surface area contributed by atoms with E-state index in [1.165, 1.54) is 0 Å². The third-order valence-corrected chi connectivity index (χ3v) is 9.52. The van der Waals surface area contributed by atoms with Crippen molar-refractivity contribution < 1.29 is 43.4 Å². The van der Waals surface area contributed by atoms with E-state index in [9.17, 15) is 34.8 Å². The summed E-state index contributed by atoms with van der Waals surface area (Å²) in [5.74, 6) is -0.538. The molecule has 1 unspecified atom stereocenters. The Morgan fingerprint density at radius 1 is 1.04 bits per heavy atom. The van der Waals surface area contributed by atoms with Gasteiger partial charge in [-0.2, -0.15) is 34.8 Å². The molecule has 1 aliphatic rings. The van der Waals surface area contributed by atoms with Gasteiger partial charge in [0.25, 0.3) is 10.1 Å². The van der Waals surface area contributed by atoms with Crippen LogP contribution in [0.2, 0.25) is 18.1 Å². The van der Waals surface area contributed by atoms with Crippen molar-refractivity contribution in [2.75, 3.05) is 12.4 Å². The molecular formula is C12H20F6O4SSi. The fourth-order valence-electron chi connectivity index (χ4n) is 2.67. The molecule has 1 atom stereocenters. The Balaban J connectivity index is 2.91. The number of hydrogen-bond acceptors (Lipinski definition) is 4. The first-order valence-corrected chi connectivity index (χ1v) is 11.5. The lowest BCUT2D eigenvalue weighted by molar-refractivity contribution is -0.132. The summed E-state index contributed by atoms with van der Waals surface area (Å²) in [5, 5.41) is 0. The SMILES string of the molecule is CCC[Si](CCC(F)(F)F)(CCC(F)(F)F)OC1COS(=O)(=O)C1. The van der Waals surface area contributed by atoms with E-state index in [2.05, 4.69) is 4.18 Å². The Kier molecular flexibility index (Phi) is 7.16. The molecule has 1 rings (SSSR count). The maximum atomic E-state index is 12.6. The Morgan fingerprint density at radius 3 is 1.88 bits per heavy atom. The van der Waals surface area contributed by atoms with Crippen molar-refractivity contribution in [2.45, 2.75) is 62.8 Å². The highest BCUT2D eigenvalue weighted by Gasteiger charge is 2.45. The highest BCUT2D eigenvalue weighted by molar-refractivity contribution is 7.87. The van der Waals surface area contributed by atoms with E-state index in [0.717, 1.165) is 0 Å². The van der Waals surface area contributed by atoms with Crippen LogP contribution in [0.3, 0.4) is 0 Å². The Morgan fingerprint density at radius 2 is 1.54 bits per heavy atom. The van der Waals surface area contributed by atoms with Gasteiger partial charge in [0, 0.05) is 12.8 Å². The molecule has 0 saturated carbocycles. The zero-order chi connectivity index (χ0) is 18.6. The van der Waals surface area contributed by atoms with Crippen LogP contribution in [0.5, 0.6) is 0 Å². The lowest BCUT2D eigenvalue weighted by Gasteiger charge is -2.34. The van der Waals surface area contributed by atoms with E-state index >= 15 is 0 Å². The molecule has 0 aromatic heterocycles. The van der Waals surface area contributed by atoms with Gasteiger partial charge in [-0.1, -0.05) is 13.3 Å². The summed E-state index contributed by atoms with van der Waals surface area (Å²) in [6.45, 7) is 1.28. The van der Waals surface area contributed by atoms with Gasteiger partial charge in [0.05, 0.1) is 12.7 Å².